The summed E-state index contributed by atoms with van der Waals surface area (Å²) >= 11 is 6.01. The van der Waals surface area contributed by atoms with Crippen molar-refractivity contribution < 1.29 is 0 Å². The van der Waals surface area contributed by atoms with Gasteiger partial charge in [0.15, 0.2) is 5.82 Å². The second-order valence-electron chi connectivity index (χ2n) is 9.11. The molecule has 1 aromatic heterocycles. The Bertz CT molecular complexity index is 1550. The Hall–Kier alpha value is -4.26. The zero-order valence-corrected chi connectivity index (χ0v) is 21.6. The average Bonchev–Trinajstić information content (AvgIpc) is 2.94. The van der Waals surface area contributed by atoms with Crippen LogP contribution in [0.2, 0.25) is 5.02 Å². The van der Waals surface area contributed by atoms with E-state index >= 15 is 0 Å². The third kappa shape index (κ3) is 5.99. The number of nitrogen functional groups attached to an aromatic ring is 2. The molecule has 6 nitrogen and oxygen atoms in total. The maximum atomic E-state index is 6.33. The minimum absolute atomic E-state index is 0.0111. The second kappa shape index (κ2) is 11.9. The Morgan fingerprint density at radius 1 is 0.816 bits per heavy atom. The minimum atomic E-state index is -0.0111. The van der Waals surface area contributed by atoms with Crippen molar-refractivity contribution in [1.82, 2.24) is 10.3 Å². The molecule has 7 heteroatoms. The first-order chi connectivity index (χ1) is 18.6. The number of pyridine rings is 1. The first-order valence-corrected chi connectivity index (χ1v) is 12.9. The van der Waals surface area contributed by atoms with Crippen LogP contribution in [0.3, 0.4) is 0 Å². The zero-order valence-electron chi connectivity index (χ0n) is 20.9. The van der Waals surface area contributed by atoms with Crippen LogP contribution in [0.5, 0.6) is 0 Å². The van der Waals surface area contributed by atoms with E-state index in [2.05, 4.69) is 75.1 Å². The molecule has 4 aromatic carbocycles. The number of nitrogens with one attached hydrogen (secondary N) is 1. The first kappa shape index (κ1) is 25.4. The number of hydrogen-bond donors (Lipinski definition) is 3. The van der Waals surface area contributed by atoms with Crippen LogP contribution in [0.15, 0.2) is 113 Å². The molecule has 0 radical (unpaired) electrons. The highest BCUT2D eigenvalue weighted by molar-refractivity contribution is 6.30. The monoisotopic (exact) mass is 520 g/mol. The molecule has 0 saturated carbocycles. The fraction of sp³-hybridized carbons (Fsp3) is 0.129. The lowest BCUT2D eigenvalue weighted by Crippen LogP contribution is -2.18. The van der Waals surface area contributed by atoms with Gasteiger partial charge in [-0.05, 0) is 70.8 Å². The molecular weight excluding hydrogens is 492 g/mol. The summed E-state index contributed by atoms with van der Waals surface area (Å²) in [6.07, 6.45) is 0.807. The highest BCUT2D eigenvalue weighted by Gasteiger charge is 2.21. The molecule has 0 aliphatic carbocycles. The number of nitrogens with two attached hydrogens (primary N) is 2. The summed E-state index contributed by atoms with van der Waals surface area (Å²) in [7, 11) is 0. The summed E-state index contributed by atoms with van der Waals surface area (Å²) in [4.78, 5) is 4.27. The second-order valence-corrected chi connectivity index (χ2v) is 9.55. The molecule has 1 atom stereocenters. The van der Waals surface area contributed by atoms with Gasteiger partial charge in [0.1, 0.15) is 11.5 Å². The van der Waals surface area contributed by atoms with Gasteiger partial charge < -0.3 is 16.8 Å². The molecule has 5 rings (SSSR count). The van der Waals surface area contributed by atoms with Crippen LogP contribution in [0.4, 0.5) is 23.0 Å². The van der Waals surface area contributed by atoms with E-state index in [1.54, 1.807) is 24.3 Å². The smallest absolute Gasteiger partial charge is 0.154 e. The Labute approximate surface area is 227 Å². The van der Waals surface area contributed by atoms with Crippen LogP contribution in [-0.2, 0) is 6.54 Å². The van der Waals surface area contributed by atoms with Crippen molar-refractivity contribution >= 4 is 45.4 Å². The summed E-state index contributed by atoms with van der Waals surface area (Å²) in [5.41, 5.74) is 17.0. The Balaban J connectivity index is 1.41. The average molecular weight is 521 g/mol. The predicted octanol–water partition coefficient (Wildman–Crippen LogP) is 7.78. The standard InChI is InChI=1S/C31H29ClN6/c32-24-13-15-25(16-14-24)37-38-30-28(19-29(33)36-31(30)34)27(22-7-2-1-3-8-22)17-18-35-20-23-11-6-10-21-9-4-5-12-26(21)23/h1-16,19,27,35H,17-18,20H2,(H4,33,34,36). The van der Waals surface area contributed by atoms with Crippen molar-refractivity contribution in [1.29, 1.82) is 0 Å². The summed E-state index contributed by atoms with van der Waals surface area (Å²) in [6.45, 7) is 1.55. The Morgan fingerprint density at radius 2 is 1.55 bits per heavy atom. The topological polar surface area (TPSA) is 102 Å². The van der Waals surface area contributed by atoms with Crippen molar-refractivity contribution in [2.75, 3.05) is 18.0 Å². The quantitative estimate of drug-likeness (QED) is 0.136. The van der Waals surface area contributed by atoms with Crippen molar-refractivity contribution in [3.8, 4) is 0 Å². The van der Waals surface area contributed by atoms with E-state index in [0.29, 0.717) is 22.2 Å². The summed E-state index contributed by atoms with van der Waals surface area (Å²) in [5, 5.41) is 15.7. The molecule has 1 heterocycles. The maximum Gasteiger partial charge on any atom is 0.154 e. The van der Waals surface area contributed by atoms with Gasteiger partial charge in [0.05, 0.1) is 5.69 Å². The molecule has 0 aliphatic rings. The fourth-order valence-electron chi connectivity index (χ4n) is 4.69. The van der Waals surface area contributed by atoms with Gasteiger partial charge in [-0.1, -0.05) is 84.4 Å². The zero-order chi connectivity index (χ0) is 26.3. The summed E-state index contributed by atoms with van der Waals surface area (Å²) in [5.74, 6) is 0.595. The predicted molar refractivity (Wildman–Crippen MR) is 157 cm³/mol. The Kier molecular flexibility index (Phi) is 7.92. The normalized spacial score (nSPS) is 12.2. The third-order valence-electron chi connectivity index (χ3n) is 6.54. The lowest BCUT2D eigenvalue weighted by Gasteiger charge is -2.21. The van der Waals surface area contributed by atoms with Crippen LogP contribution in [0.25, 0.3) is 10.8 Å². The van der Waals surface area contributed by atoms with Gasteiger partial charge in [-0.2, -0.15) is 5.11 Å². The van der Waals surface area contributed by atoms with Crippen LogP contribution < -0.4 is 16.8 Å². The molecule has 0 fully saturated rings. The summed E-state index contributed by atoms with van der Waals surface area (Å²) < 4.78 is 0. The molecule has 0 spiro atoms. The van der Waals surface area contributed by atoms with Gasteiger partial charge in [-0.25, -0.2) is 4.98 Å². The number of rotatable bonds is 9. The largest absolute Gasteiger partial charge is 0.384 e. The lowest BCUT2D eigenvalue weighted by molar-refractivity contribution is 0.613. The maximum absolute atomic E-state index is 6.33. The van der Waals surface area contributed by atoms with E-state index in [9.17, 15) is 0 Å². The van der Waals surface area contributed by atoms with E-state index in [0.717, 1.165) is 30.6 Å². The van der Waals surface area contributed by atoms with Gasteiger partial charge >= 0.3 is 0 Å². The molecule has 190 valence electrons. The molecule has 5 aromatic rings. The number of benzene rings is 4. The van der Waals surface area contributed by atoms with E-state index in [-0.39, 0.29) is 11.7 Å². The van der Waals surface area contributed by atoms with Gasteiger partial charge in [0, 0.05) is 17.5 Å². The molecule has 0 amide bonds. The number of azo groups is 1. The summed E-state index contributed by atoms with van der Waals surface area (Å²) in [6, 6.07) is 34.2. The first-order valence-electron chi connectivity index (χ1n) is 12.5. The van der Waals surface area contributed by atoms with Gasteiger partial charge in [0.25, 0.3) is 0 Å². The SMILES string of the molecule is Nc1cc(C(CCNCc2cccc3ccccc23)c2ccccc2)c(N=Nc2ccc(Cl)cc2)c(N)n1. The number of hydrogen-bond acceptors (Lipinski definition) is 6. The Morgan fingerprint density at radius 3 is 2.37 bits per heavy atom. The van der Waals surface area contributed by atoms with Crippen LogP contribution in [0.1, 0.15) is 29.0 Å². The van der Waals surface area contributed by atoms with Crippen molar-refractivity contribution in [2.45, 2.75) is 18.9 Å². The molecule has 0 bridgehead atoms. The highest BCUT2D eigenvalue weighted by Crippen LogP contribution is 2.39. The van der Waals surface area contributed by atoms with Crippen molar-refractivity contribution in [3.05, 3.63) is 125 Å². The van der Waals surface area contributed by atoms with Gasteiger partial charge in [-0.3, -0.25) is 0 Å². The van der Waals surface area contributed by atoms with Crippen molar-refractivity contribution in [3.63, 3.8) is 0 Å². The molecule has 0 aliphatic heterocycles. The van der Waals surface area contributed by atoms with Crippen LogP contribution >= 0.6 is 11.6 Å². The number of anilines is 2. The van der Waals surface area contributed by atoms with E-state index in [1.165, 1.54) is 16.3 Å². The molecular formula is C31H29ClN6. The third-order valence-corrected chi connectivity index (χ3v) is 6.80. The van der Waals surface area contributed by atoms with Gasteiger partial charge in [-0.15, -0.1) is 5.11 Å². The van der Waals surface area contributed by atoms with E-state index in [4.69, 9.17) is 23.1 Å². The highest BCUT2D eigenvalue weighted by atomic mass is 35.5. The fourth-order valence-corrected chi connectivity index (χ4v) is 4.82. The molecule has 5 N–H and O–H groups in total. The minimum Gasteiger partial charge on any atom is -0.384 e. The van der Waals surface area contributed by atoms with E-state index in [1.807, 2.05) is 24.3 Å². The van der Waals surface area contributed by atoms with E-state index < -0.39 is 0 Å². The van der Waals surface area contributed by atoms with Crippen LogP contribution in [0, 0.1) is 0 Å². The number of aromatic nitrogens is 1. The lowest BCUT2D eigenvalue weighted by atomic mass is 9.87. The molecule has 38 heavy (non-hydrogen) atoms. The molecule has 1 unspecified atom stereocenters. The number of halogens is 1. The van der Waals surface area contributed by atoms with Crippen molar-refractivity contribution in [2.24, 2.45) is 10.2 Å². The number of nitrogens with zero attached hydrogens (tertiary/aromatic N) is 3. The van der Waals surface area contributed by atoms with Crippen LogP contribution in [-0.4, -0.2) is 11.5 Å². The number of fused-ring (bicyclic) bond motifs is 1. The van der Waals surface area contributed by atoms with Gasteiger partial charge in [0.2, 0.25) is 0 Å². The molecule has 0 saturated heterocycles.